The highest BCUT2D eigenvalue weighted by molar-refractivity contribution is 7.47. The van der Waals surface area contributed by atoms with Crippen molar-refractivity contribution < 1.29 is 37.9 Å². The summed E-state index contributed by atoms with van der Waals surface area (Å²) in [7, 11) is -4.43. The highest BCUT2D eigenvalue weighted by atomic mass is 31.2. The van der Waals surface area contributed by atoms with E-state index >= 15 is 0 Å². The highest BCUT2D eigenvalue weighted by Gasteiger charge is 2.23. The van der Waals surface area contributed by atoms with Crippen LogP contribution in [0, 0.1) is 0 Å². The normalized spacial score (nSPS) is 13.9. The van der Waals surface area contributed by atoms with Gasteiger partial charge in [-0.2, -0.15) is 0 Å². The van der Waals surface area contributed by atoms with Crippen molar-refractivity contribution in [2.45, 2.75) is 193 Å². The predicted molar refractivity (Wildman–Crippen MR) is 233 cm³/mol. The SMILES string of the molecule is CCCCC/C=C\C/C=C\C/C=C\C/C=C\CCCCCC(=O)OCC(O)COP(=O)(O)OCCNC(=O)CCCCCCC/C=C\CCCCCCCCC. The van der Waals surface area contributed by atoms with Gasteiger partial charge in [0.25, 0.3) is 0 Å². The molecule has 0 fully saturated rings. The molecule has 0 saturated carbocycles. The fraction of sp³-hybridized carbons (Fsp3) is 0.739. The minimum atomic E-state index is -4.43. The van der Waals surface area contributed by atoms with E-state index in [0.717, 1.165) is 70.6 Å². The van der Waals surface area contributed by atoms with Crippen LogP contribution in [0.5, 0.6) is 0 Å². The van der Waals surface area contributed by atoms with E-state index in [1.807, 2.05) is 0 Å². The number of amides is 1. The molecule has 3 N–H and O–H groups in total. The van der Waals surface area contributed by atoms with E-state index in [9.17, 15) is 24.2 Å². The minimum absolute atomic E-state index is 0.0711. The zero-order valence-electron chi connectivity index (χ0n) is 35.6. The summed E-state index contributed by atoms with van der Waals surface area (Å²) < 4.78 is 26.9. The molecule has 0 aromatic carbocycles. The monoisotopic (exact) mass is 808 g/mol. The van der Waals surface area contributed by atoms with Gasteiger partial charge in [-0.15, -0.1) is 0 Å². The number of rotatable bonds is 41. The number of aliphatic hydroxyl groups is 1. The first-order valence-electron chi connectivity index (χ1n) is 22.3. The van der Waals surface area contributed by atoms with Crippen LogP contribution in [0.3, 0.4) is 0 Å². The van der Waals surface area contributed by atoms with Gasteiger partial charge in [-0.25, -0.2) is 4.57 Å². The predicted octanol–water partition coefficient (Wildman–Crippen LogP) is 12.5. The number of carbonyl (C=O) groups is 2. The summed E-state index contributed by atoms with van der Waals surface area (Å²) in [5.41, 5.74) is 0. The van der Waals surface area contributed by atoms with Gasteiger partial charge in [-0.05, 0) is 83.5 Å². The summed E-state index contributed by atoms with van der Waals surface area (Å²) in [5.74, 6) is -0.558. The van der Waals surface area contributed by atoms with Crippen molar-refractivity contribution >= 4 is 19.7 Å². The molecule has 0 aromatic rings. The van der Waals surface area contributed by atoms with Gasteiger partial charge in [0.05, 0.1) is 13.2 Å². The van der Waals surface area contributed by atoms with E-state index in [1.165, 1.54) is 83.5 Å². The van der Waals surface area contributed by atoms with Crippen molar-refractivity contribution in [3.63, 3.8) is 0 Å². The summed E-state index contributed by atoms with van der Waals surface area (Å²) >= 11 is 0. The van der Waals surface area contributed by atoms with Crippen LogP contribution in [0.1, 0.15) is 187 Å². The lowest BCUT2D eigenvalue weighted by molar-refractivity contribution is -0.147. The molecule has 0 aliphatic carbocycles. The molecule has 324 valence electrons. The van der Waals surface area contributed by atoms with Crippen LogP contribution in [0.25, 0.3) is 0 Å². The Labute approximate surface area is 342 Å². The zero-order valence-corrected chi connectivity index (χ0v) is 36.5. The summed E-state index contributed by atoms with van der Waals surface area (Å²) in [6.07, 6.45) is 50.0. The summed E-state index contributed by atoms with van der Waals surface area (Å²) in [6, 6.07) is 0. The molecule has 2 unspecified atom stereocenters. The molecule has 0 heterocycles. The van der Waals surface area contributed by atoms with Crippen LogP contribution in [-0.4, -0.2) is 54.3 Å². The van der Waals surface area contributed by atoms with Gasteiger partial charge in [0.15, 0.2) is 0 Å². The molecule has 1 amide bonds. The Bertz CT molecular complexity index is 1100. The quantitative estimate of drug-likeness (QED) is 0.0241. The molecule has 0 bridgehead atoms. The summed E-state index contributed by atoms with van der Waals surface area (Å²) in [4.78, 5) is 33.9. The van der Waals surface area contributed by atoms with Gasteiger partial charge < -0.3 is 20.1 Å². The average molecular weight is 808 g/mol. The Hall–Kier alpha value is -2.29. The molecule has 9 nitrogen and oxygen atoms in total. The minimum Gasteiger partial charge on any atom is -0.463 e. The second-order valence-electron chi connectivity index (χ2n) is 14.7. The molecular formula is C46H82NO8P. The second-order valence-corrected chi connectivity index (χ2v) is 16.1. The van der Waals surface area contributed by atoms with E-state index in [4.69, 9.17) is 13.8 Å². The first-order chi connectivity index (χ1) is 27.3. The van der Waals surface area contributed by atoms with Gasteiger partial charge >= 0.3 is 13.8 Å². The van der Waals surface area contributed by atoms with Gasteiger partial charge in [0.2, 0.25) is 5.91 Å². The van der Waals surface area contributed by atoms with E-state index in [1.54, 1.807) is 0 Å². The lowest BCUT2D eigenvalue weighted by Crippen LogP contribution is -2.27. The molecule has 0 aliphatic heterocycles. The van der Waals surface area contributed by atoms with Crippen LogP contribution in [0.15, 0.2) is 60.8 Å². The van der Waals surface area contributed by atoms with Crippen LogP contribution < -0.4 is 5.32 Å². The van der Waals surface area contributed by atoms with Crippen LogP contribution >= 0.6 is 7.82 Å². The fourth-order valence-electron chi connectivity index (χ4n) is 5.77. The third kappa shape index (κ3) is 42.8. The first-order valence-corrected chi connectivity index (χ1v) is 23.8. The smallest absolute Gasteiger partial charge is 0.463 e. The van der Waals surface area contributed by atoms with Gasteiger partial charge in [-0.3, -0.25) is 18.6 Å². The maximum absolute atomic E-state index is 12.1. The summed E-state index contributed by atoms with van der Waals surface area (Å²) in [6.45, 7) is 3.47. The largest absolute Gasteiger partial charge is 0.472 e. The molecule has 0 saturated heterocycles. The fourth-order valence-corrected chi connectivity index (χ4v) is 6.53. The van der Waals surface area contributed by atoms with Gasteiger partial charge in [0.1, 0.15) is 12.7 Å². The van der Waals surface area contributed by atoms with E-state index < -0.39 is 26.5 Å². The van der Waals surface area contributed by atoms with E-state index in [-0.39, 0.29) is 32.1 Å². The summed E-state index contributed by atoms with van der Waals surface area (Å²) in [5, 5.41) is 12.7. The second kappa shape index (κ2) is 42.3. The molecule has 2 atom stereocenters. The molecular weight excluding hydrogens is 725 g/mol. The first kappa shape index (κ1) is 53.7. The Kier molecular flexibility index (Phi) is 40.6. The van der Waals surface area contributed by atoms with Crippen molar-refractivity contribution in [3.8, 4) is 0 Å². The van der Waals surface area contributed by atoms with Crippen LogP contribution in [0.4, 0.5) is 0 Å². The Morgan fingerprint density at radius 1 is 0.554 bits per heavy atom. The molecule has 0 aromatic heterocycles. The third-order valence-electron chi connectivity index (χ3n) is 9.17. The van der Waals surface area contributed by atoms with Gasteiger partial charge in [0, 0.05) is 19.4 Å². The number of aliphatic hydroxyl groups excluding tert-OH is 1. The maximum Gasteiger partial charge on any atom is 0.472 e. The van der Waals surface area contributed by atoms with Gasteiger partial charge in [-0.1, -0.05) is 152 Å². The third-order valence-corrected chi connectivity index (χ3v) is 10.2. The zero-order chi connectivity index (χ0) is 41.1. The number of carbonyl (C=O) groups excluding carboxylic acids is 2. The lowest BCUT2D eigenvalue weighted by atomic mass is 10.1. The molecule has 0 spiro atoms. The van der Waals surface area contributed by atoms with E-state index in [2.05, 4.69) is 79.9 Å². The van der Waals surface area contributed by atoms with Crippen LogP contribution in [0.2, 0.25) is 0 Å². The highest BCUT2D eigenvalue weighted by Crippen LogP contribution is 2.42. The number of phosphoric acid groups is 1. The Morgan fingerprint density at radius 3 is 1.52 bits per heavy atom. The molecule has 56 heavy (non-hydrogen) atoms. The molecule has 0 aliphatic rings. The van der Waals surface area contributed by atoms with E-state index in [0.29, 0.717) is 12.8 Å². The number of unbranched alkanes of at least 4 members (excludes halogenated alkanes) is 18. The number of nitrogens with one attached hydrogen (secondary N) is 1. The number of ether oxygens (including phenoxy) is 1. The van der Waals surface area contributed by atoms with Crippen molar-refractivity contribution in [2.75, 3.05) is 26.4 Å². The van der Waals surface area contributed by atoms with Crippen molar-refractivity contribution in [1.82, 2.24) is 5.32 Å². The number of hydrogen-bond donors (Lipinski definition) is 3. The molecule has 0 rings (SSSR count). The van der Waals surface area contributed by atoms with Crippen molar-refractivity contribution in [2.24, 2.45) is 0 Å². The Morgan fingerprint density at radius 2 is 0.964 bits per heavy atom. The molecule has 10 heteroatoms. The Balaban J connectivity index is 3.67. The number of allylic oxidation sites excluding steroid dienone is 10. The van der Waals surface area contributed by atoms with Crippen molar-refractivity contribution in [3.05, 3.63) is 60.8 Å². The number of hydrogen-bond acceptors (Lipinski definition) is 7. The topological polar surface area (TPSA) is 131 Å². The number of esters is 1. The average Bonchev–Trinajstić information content (AvgIpc) is 3.18. The molecule has 0 radical (unpaired) electrons. The lowest BCUT2D eigenvalue weighted by Gasteiger charge is -2.15. The maximum atomic E-state index is 12.1. The number of phosphoric ester groups is 1. The van der Waals surface area contributed by atoms with Crippen molar-refractivity contribution in [1.29, 1.82) is 0 Å². The standard InChI is InChI=1S/C46H82NO8P/c1-3-5-7-9-11-13-15-17-19-21-22-23-25-27-29-31-33-35-37-39-46(50)53-42-44(48)43-55-56(51,52)54-41-40-47-45(49)38-36-34-32-30-28-26-24-20-18-16-14-12-10-8-6-4-2/h11,13,17,19-20,22-24,27,29,44,48H,3-10,12,14-16,18,21,25-26,28,30-43H2,1-2H3,(H,47,49)(H,51,52)/b13-11-,19-17-,23-22-,24-20-,29-27-. The van der Waals surface area contributed by atoms with Crippen LogP contribution in [-0.2, 0) is 27.9 Å².